The molecule has 0 fully saturated rings. The number of hydrogen-bond acceptors (Lipinski definition) is 2. The molecule has 1 rings (SSSR count). The number of aromatic amines is 1. The van der Waals surface area contributed by atoms with Gasteiger partial charge in [0.25, 0.3) is 12.0 Å². The van der Waals surface area contributed by atoms with E-state index in [9.17, 15) is 13.6 Å². The molecule has 66 valence electrons. The van der Waals surface area contributed by atoms with Crippen LogP contribution in [0.1, 0.15) is 17.6 Å². The number of pyridine rings is 1. The highest BCUT2D eigenvalue weighted by Gasteiger charge is 2.16. The van der Waals surface area contributed by atoms with Crippen molar-refractivity contribution < 1.29 is 8.78 Å². The first-order valence-corrected chi connectivity index (χ1v) is 3.30. The SMILES string of the molecule is Cc1c[nH]c(=O)c(N)c1C(F)F. The summed E-state index contributed by atoms with van der Waals surface area (Å²) in [7, 11) is 0. The third kappa shape index (κ3) is 1.30. The van der Waals surface area contributed by atoms with Gasteiger partial charge < -0.3 is 10.7 Å². The van der Waals surface area contributed by atoms with Crippen LogP contribution in [0.3, 0.4) is 0 Å². The molecule has 0 aliphatic carbocycles. The van der Waals surface area contributed by atoms with Crippen LogP contribution in [0.15, 0.2) is 11.0 Å². The van der Waals surface area contributed by atoms with Crippen molar-refractivity contribution in [3.8, 4) is 0 Å². The molecule has 0 aliphatic rings. The number of aromatic nitrogens is 1. The molecule has 0 bridgehead atoms. The fraction of sp³-hybridized carbons (Fsp3) is 0.286. The Morgan fingerprint density at radius 2 is 2.17 bits per heavy atom. The van der Waals surface area contributed by atoms with Crippen LogP contribution in [0.4, 0.5) is 14.5 Å². The molecule has 0 amide bonds. The summed E-state index contributed by atoms with van der Waals surface area (Å²) in [6.07, 6.45) is -1.48. The molecule has 0 saturated heterocycles. The lowest BCUT2D eigenvalue weighted by Crippen LogP contribution is -2.15. The van der Waals surface area contributed by atoms with Crippen molar-refractivity contribution in [1.82, 2.24) is 4.98 Å². The molecule has 3 N–H and O–H groups in total. The zero-order valence-electron chi connectivity index (χ0n) is 6.40. The zero-order valence-corrected chi connectivity index (χ0v) is 6.40. The molecule has 0 radical (unpaired) electrons. The van der Waals surface area contributed by atoms with Gasteiger partial charge in [0, 0.05) is 6.20 Å². The highest BCUT2D eigenvalue weighted by Crippen LogP contribution is 2.24. The summed E-state index contributed by atoms with van der Waals surface area (Å²) < 4.78 is 24.5. The van der Waals surface area contributed by atoms with Crippen molar-refractivity contribution in [2.24, 2.45) is 0 Å². The van der Waals surface area contributed by atoms with Gasteiger partial charge in [-0.15, -0.1) is 0 Å². The fourth-order valence-corrected chi connectivity index (χ4v) is 0.954. The van der Waals surface area contributed by atoms with Crippen LogP contribution in [0.5, 0.6) is 0 Å². The number of anilines is 1. The average Bonchev–Trinajstić information content (AvgIpc) is 1.97. The number of aryl methyl sites for hydroxylation is 1. The smallest absolute Gasteiger partial charge is 0.271 e. The second-order valence-electron chi connectivity index (χ2n) is 2.43. The Morgan fingerprint density at radius 1 is 1.58 bits per heavy atom. The van der Waals surface area contributed by atoms with Gasteiger partial charge in [0.15, 0.2) is 0 Å². The predicted octanol–water partition coefficient (Wildman–Crippen LogP) is 1.20. The average molecular weight is 174 g/mol. The van der Waals surface area contributed by atoms with E-state index in [4.69, 9.17) is 5.73 Å². The topological polar surface area (TPSA) is 58.9 Å². The third-order valence-corrected chi connectivity index (χ3v) is 1.60. The normalized spacial score (nSPS) is 10.7. The monoisotopic (exact) mass is 174 g/mol. The van der Waals surface area contributed by atoms with E-state index in [1.807, 2.05) is 0 Å². The van der Waals surface area contributed by atoms with Crippen LogP contribution in [-0.4, -0.2) is 4.98 Å². The summed E-state index contributed by atoms with van der Waals surface area (Å²) in [6, 6.07) is 0. The van der Waals surface area contributed by atoms with Crippen molar-refractivity contribution >= 4 is 5.69 Å². The number of rotatable bonds is 1. The molecule has 5 heteroatoms. The molecular weight excluding hydrogens is 166 g/mol. The van der Waals surface area contributed by atoms with Gasteiger partial charge in [-0.1, -0.05) is 0 Å². The lowest BCUT2D eigenvalue weighted by Gasteiger charge is -2.05. The second-order valence-corrected chi connectivity index (χ2v) is 2.43. The molecule has 0 spiro atoms. The molecule has 0 unspecified atom stereocenters. The van der Waals surface area contributed by atoms with E-state index in [2.05, 4.69) is 4.98 Å². The number of alkyl halides is 2. The molecule has 1 aromatic heterocycles. The van der Waals surface area contributed by atoms with E-state index in [1.54, 1.807) is 0 Å². The molecule has 12 heavy (non-hydrogen) atoms. The molecule has 1 aromatic rings. The van der Waals surface area contributed by atoms with E-state index in [-0.39, 0.29) is 5.56 Å². The lowest BCUT2D eigenvalue weighted by molar-refractivity contribution is 0.151. The Bertz CT molecular complexity index is 346. The van der Waals surface area contributed by atoms with Crippen molar-refractivity contribution in [2.45, 2.75) is 13.3 Å². The van der Waals surface area contributed by atoms with Crippen molar-refractivity contribution in [3.05, 3.63) is 27.7 Å². The summed E-state index contributed by atoms with van der Waals surface area (Å²) in [5.41, 5.74) is 4.01. The van der Waals surface area contributed by atoms with Gasteiger partial charge in [-0.2, -0.15) is 0 Å². The molecule has 0 atom stereocenters. The van der Waals surface area contributed by atoms with Crippen LogP contribution < -0.4 is 11.3 Å². The zero-order chi connectivity index (χ0) is 9.30. The van der Waals surface area contributed by atoms with Gasteiger partial charge in [-0.05, 0) is 12.5 Å². The van der Waals surface area contributed by atoms with Gasteiger partial charge in [-0.3, -0.25) is 4.79 Å². The van der Waals surface area contributed by atoms with Crippen molar-refractivity contribution in [1.29, 1.82) is 0 Å². The number of hydrogen-bond donors (Lipinski definition) is 2. The van der Waals surface area contributed by atoms with E-state index < -0.39 is 17.7 Å². The minimum Gasteiger partial charge on any atom is -0.394 e. The predicted molar refractivity (Wildman–Crippen MR) is 41.2 cm³/mol. The first kappa shape index (κ1) is 8.70. The van der Waals surface area contributed by atoms with Crippen LogP contribution in [-0.2, 0) is 0 Å². The second kappa shape index (κ2) is 2.92. The number of nitrogen functional groups attached to an aromatic ring is 1. The van der Waals surface area contributed by atoms with Crippen LogP contribution >= 0.6 is 0 Å². The molecule has 0 saturated carbocycles. The van der Waals surface area contributed by atoms with Crippen LogP contribution in [0, 0.1) is 6.92 Å². The molecule has 0 aromatic carbocycles. The molecule has 0 aliphatic heterocycles. The maximum absolute atomic E-state index is 12.2. The standard InChI is InChI=1S/C7H8F2N2O/c1-3-2-11-7(12)5(10)4(3)6(8)9/h2,6H,10H2,1H3,(H,11,12). The summed E-state index contributed by atoms with van der Waals surface area (Å²) in [4.78, 5) is 13.0. The summed E-state index contributed by atoms with van der Waals surface area (Å²) in [6.45, 7) is 1.47. The Morgan fingerprint density at radius 3 is 2.58 bits per heavy atom. The van der Waals surface area contributed by atoms with Gasteiger partial charge in [0.05, 0.1) is 5.56 Å². The quantitative estimate of drug-likeness (QED) is 0.672. The van der Waals surface area contributed by atoms with Gasteiger partial charge >= 0.3 is 0 Å². The fourth-order valence-electron chi connectivity index (χ4n) is 0.954. The maximum Gasteiger partial charge on any atom is 0.271 e. The number of halogens is 2. The third-order valence-electron chi connectivity index (χ3n) is 1.60. The number of nitrogens with one attached hydrogen (secondary N) is 1. The summed E-state index contributed by atoms with van der Waals surface area (Å²) in [5, 5.41) is 0. The summed E-state index contributed by atoms with van der Waals surface area (Å²) in [5.74, 6) is 0. The Labute approximate surface area is 67.2 Å². The Balaban J connectivity index is 3.43. The molecule has 3 nitrogen and oxygen atoms in total. The maximum atomic E-state index is 12.2. The number of H-pyrrole nitrogens is 1. The molecular formula is C7H8F2N2O. The lowest BCUT2D eigenvalue weighted by atomic mass is 10.1. The van der Waals surface area contributed by atoms with Crippen LogP contribution in [0.25, 0.3) is 0 Å². The van der Waals surface area contributed by atoms with Gasteiger partial charge in [-0.25, -0.2) is 8.78 Å². The Kier molecular flexibility index (Phi) is 2.12. The summed E-state index contributed by atoms with van der Waals surface area (Å²) >= 11 is 0. The minimum atomic E-state index is -2.70. The Hall–Kier alpha value is -1.39. The van der Waals surface area contributed by atoms with Gasteiger partial charge in [0.2, 0.25) is 0 Å². The highest BCUT2D eigenvalue weighted by molar-refractivity contribution is 5.48. The van der Waals surface area contributed by atoms with E-state index >= 15 is 0 Å². The van der Waals surface area contributed by atoms with E-state index in [1.165, 1.54) is 13.1 Å². The molecule has 1 heterocycles. The highest BCUT2D eigenvalue weighted by atomic mass is 19.3. The van der Waals surface area contributed by atoms with E-state index in [0.717, 1.165) is 0 Å². The van der Waals surface area contributed by atoms with Crippen LogP contribution in [0.2, 0.25) is 0 Å². The largest absolute Gasteiger partial charge is 0.394 e. The van der Waals surface area contributed by atoms with Crippen molar-refractivity contribution in [3.63, 3.8) is 0 Å². The first-order valence-electron chi connectivity index (χ1n) is 3.30. The first-order chi connectivity index (χ1) is 5.54. The number of nitrogens with two attached hydrogens (primary N) is 1. The van der Waals surface area contributed by atoms with Gasteiger partial charge in [0.1, 0.15) is 5.69 Å². The van der Waals surface area contributed by atoms with E-state index in [0.29, 0.717) is 5.56 Å². The minimum absolute atomic E-state index is 0.294. The van der Waals surface area contributed by atoms with Crippen molar-refractivity contribution in [2.75, 3.05) is 5.73 Å².